The van der Waals surface area contributed by atoms with Crippen molar-refractivity contribution in [3.05, 3.63) is 316 Å². The highest BCUT2D eigenvalue weighted by atomic mass is 28.3. The van der Waals surface area contributed by atoms with Gasteiger partial charge in [-0.1, -0.05) is 267 Å². The molecule has 7 heteroatoms. The molecule has 0 radical (unpaired) electrons. The fraction of sp³-hybridized carbons (Fsp3) is 0. The first kappa shape index (κ1) is 46.3. The zero-order valence-corrected chi connectivity index (χ0v) is 45.3. The third-order valence-electron chi connectivity index (χ3n) is 16.2. The summed E-state index contributed by atoms with van der Waals surface area (Å²) in [7, 11) is -9.47. The number of benzene rings is 10. The Morgan fingerprint density at radius 2 is 0.481 bits per heavy atom. The highest BCUT2D eigenvalue weighted by molar-refractivity contribution is 7.20. The van der Waals surface area contributed by atoms with Gasteiger partial charge in [0, 0.05) is 45.0 Å². The van der Waals surface area contributed by atoms with E-state index >= 15 is 0 Å². The first-order chi connectivity index (χ1) is 38.2. The quantitative estimate of drug-likeness (QED) is 0.0906. The molecule has 0 saturated carbocycles. The molecule has 0 atom stereocenters. The van der Waals surface area contributed by atoms with E-state index in [1.54, 1.807) is 0 Å². The van der Waals surface area contributed by atoms with E-state index in [0.29, 0.717) is 0 Å². The molecule has 0 fully saturated rings. The molecule has 0 saturated heterocycles. The molecule has 0 spiro atoms. The molecule has 4 aromatic heterocycles. The van der Waals surface area contributed by atoms with Crippen LogP contribution in [-0.4, -0.2) is 43.0 Å². The van der Waals surface area contributed by atoms with Gasteiger partial charge in [-0.05, 0) is 88.3 Å². The Morgan fingerprint density at radius 3 is 0.753 bits per heavy atom. The lowest BCUT2D eigenvalue weighted by Gasteiger charge is -2.37. The summed E-state index contributed by atoms with van der Waals surface area (Å²) in [6.07, 6.45) is 3.95. The van der Waals surface area contributed by atoms with Crippen LogP contribution in [0, 0.1) is 0 Å². The Labute approximate surface area is 451 Å². The Bertz CT molecular complexity index is 3890. The Morgan fingerprint density at radius 1 is 0.221 bits per heavy atom. The fourth-order valence-electron chi connectivity index (χ4n) is 13.1. The molecule has 4 nitrogen and oxygen atoms in total. The van der Waals surface area contributed by atoms with E-state index in [1.165, 1.54) is 62.6 Å². The van der Waals surface area contributed by atoms with Crippen LogP contribution in [0.4, 0.5) is 0 Å². The SMILES string of the molecule is c1ccc([Si](c2ccccc2)(c2ccccc2)c2ccc3c(c2)c2cccnc2n3[Si](c2ccccc2)(c2ccccc2)n2c3ccc([Si](c4ccccc4)(c4ccccc4)c4ccccc4)cc3c3cccnc32)cc1. The third-order valence-corrected chi connectivity index (χ3v) is 30.2. The maximum Gasteiger partial charge on any atom is 0.342 e. The van der Waals surface area contributed by atoms with Gasteiger partial charge in [-0.3, -0.25) is 0 Å². The van der Waals surface area contributed by atoms with Crippen LogP contribution in [0.1, 0.15) is 0 Å². The van der Waals surface area contributed by atoms with Crippen molar-refractivity contribution in [3.63, 3.8) is 0 Å². The van der Waals surface area contributed by atoms with Gasteiger partial charge < -0.3 is 8.47 Å². The number of nitrogens with zero attached hydrogens (tertiary/aromatic N) is 4. The second-order valence-corrected chi connectivity index (χ2v) is 31.0. The molecule has 14 rings (SSSR count). The van der Waals surface area contributed by atoms with Crippen molar-refractivity contribution >= 4 is 120 Å². The Hall–Kier alpha value is -9.25. The fourth-order valence-corrected chi connectivity index (χ4v) is 27.5. The standard InChI is InChI=1S/C70H52N4Si3/c1-9-27-53(28-10-1)75(54-29-11-2-12-30-54,55-31-13-3-14-32-55)61-45-47-67-65(51-61)63-43-25-49-71-69(63)73(67)77(59-39-21-7-22-40-59,60-41-23-8-24-42-60)74-68-48-46-62(52-66(68)64-44-26-50-72-70(64)74)76(56-33-15-4-16-34-56,57-35-17-5-18-36-57)58-37-19-6-20-38-58/h1-52H. The van der Waals surface area contributed by atoms with Crippen LogP contribution in [0.3, 0.4) is 0 Å². The van der Waals surface area contributed by atoms with Crippen molar-refractivity contribution in [2.24, 2.45) is 0 Å². The van der Waals surface area contributed by atoms with Crippen LogP contribution in [0.15, 0.2) is 316 Å². The topological polar surface area (TPSA) is 35.6 Å². The Balaban J connectivity index is 1.12. The molecular weight excluding hydrogens is 981 g/mol. The first-order valence-corrected chi connectivity index (χ1v) is 32.4. The van der Waals surface area contributed by atoms with E-state index in [-0.39, 0.29) is 0 Å². The van der Waals surface area contributed by atoms with E-state index in [4.69, 9.17) is 9.97 Å². The number of hydrogen-bond acceptors (Lipinski definition) is 2. The predicted octanol–water partition coefficient (Wildman–Crippen LogP) is 9.10. The van der Waals surface area contributed by atoms with Crippen LogP contribution in [0.5, 0.6) is 0 Å². The van der Waals surface area contributed by atoms with Gasteiger partial charge >= 0.3 is 8.40 Å². The summed E-state index contributed by atoms with van der Waals surface area (Å²) in [6.45, 7) is 0. The maximum absolute atomic E-state index is 5.50. The lowest BCUT2D eigenvalue weighted by atomic mass is 10.2. The van der Waals surface area contributed by atoms with Crippen molar-refractivity contribution in [2.45, 2.75) is 0 Å². The molecule has 0 aliphatic rings. The summed E-state index contributed by atoms with van der Waals surface area (Å²) in [5.74, 6) is 0. The third kappa shape index (κ3) is 7.08. The normalized spacial score (nSPS) is 12.2. The van der Waals surface area contributed by atoms with Crippen LogP contribution in [0.25, 0.3) is 43.9 Å². The average Bonchev–Trinajstić information content (AvgIpc) is 4.27. The zero-order valence-electron chi connectivity index (χ0n) is 42.3. The van der Waals surface area contributed by atoms with Gasteiger partial charge in [-0.25, -0.2) is 9.97 Å². The van der Waals surface area contributed by atoms with Gasteiger partial charge in [0.2, 0.25) is 0 Å². The molecule has 0 bridgehead atoms. The van der Waals surface area contributed by atoms with Gasteiger partial charge in [0.15, 0.2) is 16.1 Å². The smallest absolute Gasteiger partial charge is 0.327 e. The van der Waals surface area contributed by atoms with Crippen molar-refractivity contribution in [1.82, 2.24) is 18.4 Å². The molecule has 0 amide bonds. The predicted molar refractivity (Wildman–Crippen MR) is 330 cm³/mol. The summed E-state index contributed by atoms with van der Waals surface area (Å²) in [4.78, 5) is 11.0. The highest BCUT2D eigenvalue weighted by Gasteiger charge is 2.49. The number of hydrogen-bond donors (Lipinski definition) is 0. The lowest BCUT2D eigenvalue weighted by molar-refractivity contribution is 1.11. The van der Waals surface area contributed by atoms with Gasteiger partial charge in [-0.2, -0.15) is 0 Å². The first-order valence-electron chi connectivity index (χ1n) is 26.5. The highest BCUT2D eigenvalue weighted by Crippen LogP contribution is 2.37. The van der Waals surface area contributed by atoms with E-state index in [1.807, 2.05) is 12.4 Å². The molecule has 364 valence electrons. The van der Waals surface area contributed by atoms with E-state index in [0.717, 1.165) is 33.1 Å². The summed E-state index contributed by atoms with van der Waals surface area (Å²) < 4.78 is 5.34. The van der Waals surface area contributed by atoms with Crippen LogP contribution in [-0.2, 0) is 0 Å². The minimum absolute atomic E-state index is 0.941. The second kappa shape index (κ2) is 19.2. The summed E-state index contributed by atoms with van der Waals surface area (Å²) in [5.41, 5.74) is 4.14. The number of aromatic nitrogens is 4. The van der Waals surface area contributed by atoms with E-state index in [9.17, 15) is 0 Å². The molecule has 0 aliphatic heterocycles. The molecule has 0 N–H and O–H groups in total. The van der Waals surface area contributed by atoms with E-state index in [2.05, 4.69) is 312 Å². The van der Waals surface area contributed by atoms with Crippen LogP contribution in [0.2, 0.25) is 0 Å². The summed E-state index contributed by atoms with van der Waals surface area (Å²) in [6, 6.07) is 113. The molecule has 0 unspecified atom stereocenters. The maximum atomic E-state index is 5.50. The van der Waals surface area contributed by atoms with Gasteiger partial charge in [0.25, 0.3) is 0 Å². The molecule has 77 heavy (non-hydrogen) atoms. The van der Waals surface area contributed by atoms with E-state index < -0.39 is 24.5 Å². The molecule has 10 aromatic carbocycles. The van der Waals surface area contributed by atoms with Crippen LogP contribution >= 0.6 is 0 Å². The monoisotopic (exact) mass is 1030 g/mol. The minimum atomic E-state index is -3.63. The number of pyridine rings is 2. The van der Waals surface area contributed by atoms with Crippen molar-refractivity contribution < 1.29 is 0 Å². The average molecular weight is 1030 g/mol. The summed E-state index contributed by atoms with van der Waals surface area (Å²) in [5, 5.41) is 17.7. The lowest BCUT2D eigenvalue weighted by Crippen LogP contribution is -2.74. The second-order valence-electron chi connectivity index (χ2n) is 20.0. The molecule has 4 heterocycles. The minimum Gasteiger partial charge on any atom is -0.327 e. The molecule has 0 aliphatic carbocycles. The number of fused-ring (bicyclic) bond motifs is 6. The molecular formula is C70H52N4Si3. The van der Waals surface area contributed by atoms with Crippen LogP contribution < -0.4 is 51.9 Å². The van der Waals surface area contributed by atoms with Gasteiger partial charge in [-0.15, -0.1) is 0 Å². The number of rotatable bonds is 12. The van der Waals surface area contributed by atoms with Crippen molar-refractivity contribution in [3.8, 4) is 0 Å². The van der Waals surface area contributed by atoms with Crippen molar-refractivity contribution in [1.29, 1.82) is 0 Å². The Kier molecular flexibility index (Phi) is 11.5. The van der Waals surface area contributed by atoms with Crippen molar-refractivity contribution in [2.75, 3.05) is 0 Å². The zero-order chi connectivity index (χ0) is 51.2. The largest absolute Gasteiger partial charge is 0.342 e. The van der Waals surface area contributed by atoms with Gasteiger partial charge in [0.1, 0.15) is 11.3 Å². The molecule has 14 aromatic rings. The van der Waals surface area contributed by atoms with Gasteiger partial charge in [0.05, 0.1) is 0 Å². The summed E-state index contributed by atoms with van der Waals surface area (Å²) >= 11 is 0.